The Morgan fingerprint density at radius 3 is 2.50 bits per heavy atom. The summed E-state index contributed by atoms with van der Waals surface area (Å²) < 4.78 is 6.01. The number of hydrogen-bond acceptors (Lipinski definition) is 4. The molecule has 6 nitrogen and oxygen atoms in total. The number of hydrogen-bond donors (Lipinski definition) is 1. The van der Waals surface area contributed by atoms with E-state index in [0.29, 0.717) is 12.0 Å². The highest BCUT2D eigenvalue weighted by molar-refractivity contribution is 5.94. The van der Waals surface area contributed by atoms with Gasteiger partial charge in [0.05, 0.1) is 18.7 Å². The van der Waals surface area contributed by atoms with Gasteiger partial charge in [0.25, 0.3) is 5.91 Å². The van der Waals surface area contributed by atoms with E-state index in [1.54, 1.807) is 7.05 Å². The fraction of sp³-hybridized carbons (Fsp3) is 0.278. The first-order valence-electron chi connectivity index (χ1n) is 7.60. The second-order valence-electron chi connectivity index (χ2n) is 5.42. The highest BCUT2D eigenvalue weighted by atomic mass is 16.5. The fourth-order valence-corrected chi connectivity index (χ4v) is 2.34. The van der Waals surface area contributed by atoms with Crippen LogP contribution >= 0.6 is 0 Å². The van der Waals surface area contributed by atoms with Gasteiger partial charge < -0.3 is 14.6 Å². The van der Waals surface area contributed by atoms with Gasteiger partial charge in [0.2, 0.25) is 5.56 Å². The number of nitrogens with zero attached hydrogens (tertiary/aromatic N) is 1. The molecule has 126 valence electrons. The number of pyridine rings is 1. The van der Waals surface area contributed by atoms with Crippen molar-refractivity contribution in [1.82, 2.24) is 9.88 Å². The van der Waals surface area contributed by atoms with Crippen LogP contribution in [0.25, 0.3) is 0 Å². The Morgan fingerprint density at radius 1 is 1.17 bits per heavy atom. The molecule has 0 aliphatic carbocycles. The summed E-state index contributed by atoms with van der Waals surface area (Å²) in [5.74, 6) is -0.628. The molecule has 1 aromatic carbocycles. The number of nitrogens with one attached hydrogen (secondary N) is 1. The number of amides is 1. The lowest BCUT2D eigenvalue weighted by Crippen LogP contribution is -2.30. The zero-order valence-corrected chi connectivity index (χ0v) is 13.7. The first-order chi connectivity index (χ1) is 11.5. The van der Waals surface area contributed by atoms with Crippen molar-refractivity contribution in [3.05, 3.63) is 70.1 Å². The van der Waals surface area contributed by atoms with Crippen LogP contribution in [0.4, 0.5) is 0 Å². The van der Waals surface area contributed by atoms with E-state index in [0.717, 1.165) is 5.56 Å². The van der Waals surface area contributed by atoms with E-state index in [4.69, 9.17) is 0 Å². The molecular formula is C18H20N2O4. The monoisotopic (exact) mass is 328 g/mol. The zero-order chi connectivity index (χ0) is 17.5. The second-order valence-corrected chi connectivity index (χ2v) is 5.42. The molecule has 1 amide bonds. The Labute approximate surface area is 140 Å². The highest BCUT2D eigenvalue weighted by Crippen LogP contribution is 2.19. The third kappa shape index (κ3) is 4.55. The fourth-order valence-electron chi connectivity index (χ4n) is 2.34. The van der Waals surface area contributed by atoms with Gasteiger partial charge in [-0.15, -0.1) is 0 Å². The predicted octanol–water partition coefficient (Wildman–Crippen LogP) is 1.81. The molecule has 24 heavy (non-hydrogen) atoms. The van der Waals surface area contributed by atoms with E-state index in [9.17, 15) is 14.4 Å². The van der Waals surface area contributed by atoms with Crippen molar-refractivity contribution in [2.45, 2.75) is 18.9 Å². The van der Waals surface area contributed by atoms with Crippen LogP contribution in [0.3, 0.4) is 0 Å². The number of rotatable bonds is 6. The zero-order valence-electron chi connectivity index (χ0n) is 13.7. The van der Waals surface area contributed by atoms with Crippen LogP contribution in [0.5, 0.6) is 0 Å². The number of aryl methyl sites for hydroxylation is 1. The molecule has 0 saturated heterocycles. The second kappa shape index (κ2) is 8.10. The molecule has 1 N–H and O–H groups in total. The predicted molar refractivity (Wildman–Crippen MR) is 89.6 cm³/mol. The van der Waals surface area contributed by atoms with Crippen LogP contribution in [-0.2, 0) is 16.6 Å². The topological polar surface area (TPSA) is 77.4 Å². The summed E-state index contributed by atoms with van der Waals surface area (Å²) in [6.45, 7) is 0. The summed E-state index contributed by atoms with van der Waals surface area (Å²) in [7, 11) is 2.92. The molecule has 0 aliphatic rings. The minimum Gasteiger partial charge on any atom is -0.469 e. The largest absolute Gasteiger partial charge is 0.469 e. The lowest BCUT2D eigenvalue weighted by molar-refractivity contribution is -0.140. The van der Waals surface area contributed by atoms with Crippen LogP contribution < -0.4 is 10.9 Å². The van der Waals surface area contributed by atoms with Gasteiger partial charge in [0.1, 0.15) is 0 Å². The van der Waals surface area contributed by atoms with Crippen LogP contribution in [0.2, 0.25) is 0 Å². The van der Waals surface area contributed by atoms with Crippen molar-refractivity contribution >= 4 is 11.9 Å². The summed E-state index contributed by atoms with van der Waals surface area (Å²) in [6.07, 6.45) is 2.11. The van der Waals surface area contributed by atoms with E-state index in [-0.39, 0.29) is 29.9 Å². The molecule has 0 aliphatic heterocycles. The average Bonchev–Trinajstić information content (AvgIpc) is 2.61. The average molecular weight is 328 g/mol. The molecule has 0 radical (unpaired) electrons. The minimum absolute atomic E-state index is 0.183. The Balaban J connectivity index is 2.17. The van der Waals surface area contributed by atoms with Gasteiger partial charge >= 0.3 is 5.97 Å². The van der Waals surface area contributed by atoms with E-state index >= 15 is 0 Å². The molecule has 0 saturated carbocycles. The molecule has 6 heteroatoms. The summed E-state index contributed by atoms with van der Waals surface area (Å²) in [6, 6.07) is 11.9. The maximum absolute atomic E-state index is 12.5. The number of esters is 1. The number of carbonyl (C=O) groups excluding carboxylic acids is 2. The summed E-state index contributed by atoms with van der Waals surface area (Å²) >= 11 is 0. The van der Waals surface area contributed by atoms with Gasteiger partial charge in [-0.05, 0) is 18.1 Å². The van der Waals surface area contributed by atoms with Crippen molar-refractivity contribution in [2.24, 2.45) is 7.05 Å². The summed E-state index contributed by atoms with van der Waals surface area (Å²) in [5, 5.41) is 2.91. The smallest absolute Gasteiger partial charge is 0.305 e. The quantitative estimate of drug-likeness (QED) is 0.821. The molecule has 0 bridgehead atoms. The van der Waals surface area contributed by atoms with Crippen molar-refractivity contribution in [3.63, 3.8) is 0 Å². The Kier molecular flexibility index (Phi) is 5.89. The van der Waals surface area contributed by atoms with Crippen LogP contribution in [0.1, 0.15) is 34.8 Å². The number of aromatic nitrogens is 1. The molecule has 2 rings (SSSR count). The maximum atomic E-state index is 12.5. The van der Waals surface area contributed by atoms with Gasteiger partial charge in [-0.3, -0.25) is 14.4 Å². The molecule has 2 aromatic rings. The lowest BCUT2D eigenvalue weighted by atomic mass is 10.0. The number of carbonyl (C=O) groups is 2. The SMILES string of the molecule is COC(=O)CC[C@H](NC(=O)c1ccc(=O)n(C)c1)c1ccccc1. The maximum Gasteiger partial charge on any atom is 0.305 e. The van der Waals surface area contributed by atoms with Crippen molar-refractivity contribution in [3.8, 4) is 0 Å². The standard InChI is InChI=1S/C18H20N2O4/c1-20-12-14(8-10-16(20)21)18(23)19-15(9-11-17(22)24-2)13-6-4-3-5-7-13/h3-8,10,12,15H,9,11H2,1-2H3,(H,19,23)/t15-/m0/s1. The Bertz CT molecular complexity index is 768. The molecule has 1 atom stereocenters. The molecule has 0 spiro atoms. The van der Waals surface area contributed by atoms with Gasteiger partial charge in [0, 0.05) is 25.7 Å². The number of methoxy groups -OCH3 is 1. The first-order valence-corrected chi connectivity index (χ1v) is 7.60. The number of ether oxygens (including phenoxy) is 1. The summed E-state index contributed by atoms with van der Waals surface area (Å²) in [4.78, 5) is 35.3. The Morgan fingerprint density at radius 2 is 1.88 bits per heavy atom. The van der Waals surface area contributed by atoms with Crippen LogP contribution in [-0.4, -0.2) is 23.6 Å². The normalized spacial score (nSPS) is 11.6. The van der Waals surface area contributed by atoms with Crippen molar-refractivity contribution in [1.29, 1.82) is 0 Å². The first kappa shape index (κ1) is 17.5. The third-order valence-corrected chi connectivity index (χ3v) is 3.72. The number of benzene rings is 1. The van der Waals surface area contributed by atoms with E-state index < -0.39 is 0 Å². The van der Waals surface area contributed by atoms with E-state index in [2.05, 4.69) is 10.1 Å². The molecule has 1 heterocycles. The van der Waals surface area contributed by atoms with Gasteiger partial charge in [0.15, 0.2) is 0 Å². The van der Waals surface area contributed by atoms with Gasteiger partial charge in [-0.2, -0.15) is 0 Å². The van der Waals surface area contributed by atoms with Crippen LogP contribution in [0.15, 0.2) is 53.5 Å². The van der Waals surface area contributed by atoms with E-state index in [1.807, 2.05) is 30.3 Å². The third-order valence-electron chi connectivity index (χ3n) is 3.72. The van der Waals surface area contributed by atoms with Crippen molar-refractivity contribution < 1.29 is 14.3 Å². The lowest BCUT2D eigenvalue weighted by Gasteiger charge is -2.19. The van der Waals surface area contributed by atoms with E-state index in [1.165, 1.54) is 30.0 Å². The van der Waals surface area contributed by atoms with Crippen LogP contribution in [0, 0.1) is 0 Å². The molecule has 0 fully saturated rings. The Hall–Kier alpha value is -2.89. The molecule has 0 unspecified atom stereocenters. The molecule has 1 aromatic heterocycles. The van der Waals surface area contributed by atoms with Gasteiger partial charge in [-0.1, -0.05) is 30.3 Å². The minimum atomic E-state index is -0.327. The van der Waals surface area contributed by atoms with Gasteiger partial charge in [-0.25, -0.2) is 0 Å². The molecular weight excluding hydrogens is 308 g/mol. The summed E-state index contributed by atoms with van der Waals surface area (Å²) in [5.41, 5.74) is 1.10. The highest BCUT2D eigenvalue weighted by Gasteiger charge is 2.17. The van der Waals surface area contributed by atoms with Crippen molar-refractivity contribution in [2.75, 3.05) is 7.11 Å².